The summed E-state index contributed by atoms with van der Waals surface area (Å²) in [6.07, 6.45) is 3.71. The number of benzene rings is 1. The van der Waals surface area contributed by atoms with E-state index in [1.54, 1.807) is 26.2 Å². The van der Waals surface area contributed by atoms with Crippen LogP contribution in [0.3, 0.4) is 0 Å². The highest BCUT2D eigenvalue weighted by Gasteiger charge is 2.26. The third kappa shape index (κ3) is 3.76. The zero-order valence-corrected chi connectivity index (χ0v) is 13.3. The first-order valence-corrected chi connectivity index (χ1v) is 7.69. The fourth-order valence-electron chi connectivity index (χ4n) is 2.47. The molecule has 0 bridgehead atoms. The van der Waals surface area contributed by atoms with Crippen LogP contribution in [0.1, 0.15) is 29.6 Å². The Labute approximate surface area is 130 Å². The maximum Gasteiger partial charge on any atom is 0.248 e. The summed E-state index contributed by atoms with van der Waals surface area (Å²) in [7, 11) is 3.18. The van der Waals surface area contributed by atoms with Gasteiger partial charge < -0.3 is 9.80 Å². The van der Waals surface area contributed by atoms with Crippen molar-refractivity contribution >= 4 is 29.0 Å². The van der Waals surface area contributed by atoms with E-state index in [4.69, 9.17) is 11.6 Å². The average Bonchev–Trinajstić information content (AvgIpc) is 2.53. The van der Waals surface area contributed by atoms with Gasteiger partial charge in [-0.25, -0.2) is 0 Å². The second-order valence-electron chi connectivity index (χ2n) is 5.55. The quantitative estimate of drug-likeness (QED) is 0.487. The first-order valence-electron chi connectivity index (χ1n) is 7.25. The Morgan fingerprint density at radius 2 is 1.67 bits per heavy atom. The summed E-state index contributed by atoms with van der Waals surface area (Å²) in [5, 5.41) is -1.15. The molecule has 1 heterocycles. The average molecular weight is 309 g/mol. The molecule has 5 heteroatoms. The smallest absolute Gasteiger partial charge is 0.248 e. The number of halogens is 1. The lowest BCUT2D eigenvalue weighted by Gasteiger charge is -2.28. The Hall–Kier alpha value is -1.55. The number of carbonyl (C=O) groups is 2. The van der Waals surface area contributed by atoms with Crippen molar-refractivity contribution in [2.75, 3.05) is 32.1 Å². The molecule has 0 N–H and O–H groups in total. The Balaban J connectivity index is 2.07. The molecule has 114 valence electrons. The Morgan fingerprint density at radius 3 is 2.19 bits per heavy atom. The molecule has 1 saturated heterocycles. The number of Topliss-reactive ketones (excluding diaryl/α,β-unsaturated/α-hetero) is 1. The summed E-state index contributed by atoms with van der Waals surface area (Å²) in [6.45, 7) is 2.12. The zero-order chi connectivity index (χ0) is 15.4. The monoisotopic (exact) mass is 308 g/mol. The predicted octanol–water partition coefficient (Wildman–Crippen LogP) is 2.56. The highest BCUT2D eigenvalue weighted by Crippen LogP contribution is 2.21. The van der Waals surface area contributed by atoms with Crippen molar-refractivity contribution in [2.24, 2.45) is 0 Å². The molecule has 1 amide bonds. The minimum Gasteiger partial charge on any atom is -0.372 e. The molecule has 0 spiro atoms. The number of alkyl halides is 1. The van der Waals surface area contributed by atoms with Crippen molar-refractivity contribution in [3.05, 3.63) is 29.8 Å². The fraction of sp³-hybridized carbons (Fsp3) is 0.500. The summed E-state index contributed by atoms with van der Waals surface area (Å²) >= 11 is 5.95. The lowest BCUT2D eigenvalue weighted by atomic mass is 10.1. The third-order valence-electron chi connectivity index (χ3n) is 3.76. The maximum atomic E-state index is 12.2. The second kappa shape index (κ2) is 6.94. The van der Waals surface area contributed by atoms with Crippen molar-refractivity contribution in [1.82, 2.24) is 4.90 Å². The van der Waals surface area contributed by atoms with E-state index in [-0.39, 0.29) is 11.7 Å². The molecule has 4 nitrogen and oxygen atoms in total. The second-order valence-corrected chi connectivity index (χ2v) is 5.99. The van der Waals surface area contributed by atoms with Crippen LogP contribution in [0.15, 0.2) is 24.3 Å². The third-order valence-corrected chi connectivity index (χ3v) is 4.15. The van der Waals surface area contributed by atoms with E-state index in [2.05, 4.69) is 4.90 Å². The van der Waals surface area contributed by atoms with Gasteiger partial charge in [0.2, 0.25) is 5.91 Å². The molecule has 1 aliphatic rings. The number of hydrogen-bond donors (Lipinski definition) is 0. The van der Waals surface area contributed by atoms with Crippen LogP contribution < -0.4 is 4.90 Å². The van der Waals surface area contributed by atoms with E-state index in [9.17, 15) is 9.59 Å². The molecule has 0 aromatic heterocycles. The van der Waals surface area contributed by atoms with Crippen LogP contribution in [-0.4, -0.2) is 49.2 Å². The number of nitrogens with zero attached hydrogens (tertiary/aromatic N) is 2. The molecular formula is C16H21ClN2O2. The maximum absolute atomic E-state index is 12.2. The van der Waals surface area contributed by atoms with Gasteiger partial charge in [0, 0.05) is 38.4 Å². The van der Waals surface area contributed by atoms with E-state index >= 15 is 0 Å². The first-order chi connectivity index (χ1) is 10.0. The van der Waals surface area contributed by atoms with Gasteiger partial charge in [-0.3, -0.25) is 9.59 Å². The van der Waals surface area contributed by atoms with Crippen LogP contribution >= 0.6 is 11.6 Å². The van der Waals surface area contributed by atoms with E-state index in [1.807, 2.05) is 12.1 Å². The van der Waals surface area contributed by atoms with Gasteiger partial charge in [0.25, 0.3) is 0 Å². The van der Waals surface area contributed by atoms with Gasteiger partial charge >= 0.3 is 0 Å². The molecule has 1 aromatic rings. The SMILES string of the molecule is CN(C)C(=O)C(Cl)C(=O)c1ccc(N2CCCCC2)cc1. The first kappa shape index (κ1) is 15.8. The molecule has 1 fully saturated rings. The standard InChI is InChI=1S/C16H21ClN2O2/c1-18(2)16(21)14(17)15(20)12-6-8-13(9-7-12)19-10-4-3-5-11-19/h6-9,14H,3-5,10-11H2,1-2H3. The van der Waals surface area contributed by atoms with Gasteiger partial charge in [0.05, 0.1) is 0 Å². The predicted molar refractivity (Wildman–Crippen MR) is 85.2 cm³/mol. The summed E-state index contributed by atoms with van der Waals surface area (Å²) in [4.78, 5) is 27.6. The number of carbonyl (C=O) groups excluding carboxylic acids is 2. The number of amides is 1. The van der Waals surface area contributed by atoms with Crippen molar-refractivity contribution in [3.8, 4) is 0 Å². The van der Waals surface area contributed by atoms with Gasteiger partial charge in [-0.1, -0.05) is 0 Å². The van der Waals surface area contributed by atoms with Crippen LogP contribution in [0.25, 0.3) is 0 Å². The number of rotatable bonds is 4. The Morgan fingerprint density at radius 1 is 1.10 bits per heavy atom. The summed E-state index contributed by atoms with van der Waals surface area (Å²) in [5.41, 5.74) is 1.60. The largest absolute Gasteiger partial charge is 0.372 e. The molecule has 1 unspecified atom stereocenters. The molecule has 1 aliphatic heterocycles. The van der Waals surface area contributed by atoms with E-state index < -0.39 is 5.38 Å². The fourth-order valence-corrected chi connectivity index (χ4v) is 2.79. The minimum absolute atomic E-state index is 0.347. The van der Waals surface area contributed by atoms with Crippen LogP contribution in [-0.2, 0) is 4.79 Å². The van der Waals surface area contributed by atoms with Crippen molar-refractivity contribution in [1.29, 1.82) is 0 Å². The van der Waals surface area contributed by atoms with Crippen LogP contribution in [0.4, 0.5) is 5.69 Å². The van der Waals surface area contributed by atoms with E-state index in [0.717, 1.165) is 18.8 Å². The molecule has 2 rings (SSSR count). The Bertz CT molecular complexity index is 508. The topological polar surface area (TPSA) is 40.6 Å². The van der Waals surface area contributed by atoms with Crippen molar-refractivity contribution in [3.63, 3.8) is 0 Å². The molecule has 1 aromatic carbocycles. The van der Waals surface area contributed by atoms with Gasteiger partial charge in [-0.05, 0) is 43.5 Å². The normalized spacial score (nSPS) is 16.4. The number of piperidine rings is 1. The van der Waals surface area contributed by atoms with Crippen molar-refractivity contribution < 1.29 is 9.59 Å². The lowest BCUT2D eigenvalue weighted by Crippen LogP contribution is -2.35. The van der Waals surface area contributed by atoms with Crippen LogP contribution in [0.5, 0.6) is 0 Å². The molecule has 0 aliphatic carbocycles. The molecule has 1 atom stereocenters. The summed E-state index contributed by atoms with van der Waals surface area (Å²) in [6, 6.07) is 7.37. The number of hydrogen-bond acceptors (Lipinski definition) is 3. The molecule has 0 radical (unpaired) electrons. The molecule has 0 saturated carbocycles. The number of anilines is 1. The molecule has 21 heavy (non-hydrogen) atoms. The van der Waals surface area contributed by atoms with Gasteiger partial charge in [0.1, 0.15) is 0 Å². The van der Waals surface area contributed by atoms with Gasteiger partial charge in [-0.2, -0.15) is 0 Å². The molecular weight excluding hydrogens is 288 g/mol. The van der Waals surface area contributed by atoms with E-state index in [1.165, 1.54) is 24.2 Å². The lowest BCUT2D eigenvalue weighted by molar-refractivity contribution is -0.127. The van der Waals surface area contributed by atoms with Crippen LogP contribution in [0, 0.1) is 0 Å². The van der Waals surface area contributed by atoms with Crippen molar-refractivity contribution in [2.45, 2.75) is 24.6 Å². The summed E-state index contributed by atoms with van der Waals surface area (Å²) < 4.78 is 0. The van der Waals surface area contributed by atoms with Crippen LogP contribution in [0.2, 0.25) is 0 Å². The highest BCUT2D eigenvalue weighted by molar-refractivity contribution is 6.44. The minimum atomic E-state index is -1.15. The number of ketones is 1. The zero-order valence-electron chi connectivity index (χ0n) is 12.5. The van der Waals surface area contributed by atoms with Gasteiger partial charge in [-0.15, -0.1) is 11.6 Å². The van der Waals surface area contributed by atoms with E-state index in [0.29, 0.717) is 5.56 Å². The Kier molecular flexibility index (Phi) is 5.23. The highest BCUT2D eigenvalue weighted by atomic mass is 35.5. The van der Waals surface area contributed by atoms with Gasteiger partial charge in [0.15, 0.2) is 11.2 Å². The summed E-state index contributed by atoms with van der Waals surface area (Å²) in [5.74, 6) is -0.734.